The Kier molecular flexibility index (Phi) is 6.01. The summed E-state index contributed by atoms with van der Waals surface area (Å²) in [6.07, 6.45) is 3.05. The van der Waals surface area contributed by atoms with E-state index in [0.29, 0.717) is 15.6 Å². The van der Waals surface area contributed by atoms with Crippen LogP contribution in [0.25, 0.3) is 11.1 Å². The molecule has 1 fully saturated rings. The number of pyridine rings is 1. The highest BCUT2D eigenvalue weighted by Crippen LogP contribution is 2.38. The number of rotatable bonds is 6. The van der Waals surface area contributed by atoms with Gasteiger partial charge < -0.3 is 0 Å². The molecule has 32 heavy (non-hydrogen) atoms. The lowest BCUT2D eigenvalue weighted by atomic mass is 9.99. The maximum atomic E-state index is 13.1. The Hall–Kier alpha value is -3.57. The third-order valence-electron chi connectivity index (χ3n) is 5.51. The number of benzene rings is 2. The Morgan fingerprint density at radius 2 is 1.94 bits per heavy atom. The van der Waals surface area contributed by atoms with E-state index in [1.54, 1.807) is 13.0 Å². The van der Waals surface area contributed by atoms with E-state index in [1.165, 1.54) is 11.1 Å². The van der Waals surface area contributed by atoms with Crippen molar-refractivity contribution in [1.29, 1.82) is 5.26 Å². The number of amides is 1. The SMILES string of the molecule is Cc1c(Br)cnc(N(Cc2ccc(-c3ccccc3C#N)cc2)C(=O)C2CC2)c1[N+](=O)[O-]. The molecule has 0 bridgehead atoms. The number of nitrogens with zero attached hydrogens (tertiary/aromatic N) is 4. The first kappa shape index (κ1) is 21.7. The summed E-state index contributed by atoms with van der Waals surface area (Å²) in [5.41, 5.74) is 3.36. The average molecular weight is 491 g/mol. The molecule has 0 N–H and O–H groups in total. The molecule has 3 aromatic rings. The molecule has 1 heterocycles. The number of nitro groups is 1. The van der Waals surface area contributed by atoms with Crippen LogP contribution < -0.4 is 4.90 Å². The largest absolute Gasteiger partial charge is 0.316 e. The molecule has 1 saturated carbocycles. The molecule has 0 spiro atoms. The standard InChI is InChI=1S/C24H19BrN4O3/c1-15-21(25)13-27-23(22(15)29(31)32)28(24(30)18-10-11-18)14-16-6-8-17(9-7-16)20-5-3-2-4-19(20)12-26/h2-9,13,18H,10-11,14H2,1H3. The Morgan fingerprint density at radius 3 is 2.56 bits per heavy atom. The first-order valence-electron chi connectivity index (χ1n) is 10.1. The Morgan fingerprint density at radius 1 is 1.25 bits per heavy atom. The van der Waals surface area contributed by atoms with Crippen molar-refractivity contribution < 1.29 is 9.72 Å². The summed E-state index contributed by atoms with van der Waals surface area (Å²) >= 11 is 3.29. The number of halogens is 1. The quantitative estimate of drug-likeness (QED) is 0.333. The van der Waals surface area contributed by atoms with Crippen LogP contribution in [0.2, 0.25) is 0 Å². The second kappa shape index (κ2) is 8.89. The number of carbonyl (C=O) groups excluding carboxylic acids is 1. The molecule has 0 aliphatic heterocycles. The lowest BCUT2D eigenvalue weighted by molar-refractivity contribution is -0.384. The van der Waals surface area contributed by atoms with Crippen molar-refractivity contribution in [2.75, 3.05) is 4.90 Å². The highest BCUT2D eigenvalue weighted by Gasteiger charge is 2.37. The van der Waals surface area contributed by atoms with Gasteiger partial charge in [0.05, 0.1) is 23.1 Å². The smallest absolute Gasteiger partial charge is 0.286 e. The van der Waals surface area contributed by atoms with E-state index in [-0.39, 0.29) is 29.9 Å². The van der Waals surface area contributed by atoms with Gasteiger partial charge >= 0.3 is 5.69 Å². The van der Waals surface area contributed by atoms with Crippen LogP contribution in [0.4, 0.5) is 11.5 Å². The van der Waals surface area contributed by atoms with Crippen molar-refractivity contribution in [3.8, 4) is 17.2 Å². The van der Waals surface area contributed by atoms with Crippen molar-refractivity contribution in [3.05, 3.63) is 86.0 Å². The number of carbonyl (C=O) groups is 1. The van der Waals surface area contributed by atoms with Gasteiger partial charge in [-0.25, -0.2) is 4.98 Å². The van der Waals surface area contributed by atoms with Crippen LogP contribution >= 0.6 is 15.9 Å². The van der Waals surface area contributed by atoms with Gasteiger partial charge in [0.15, 0.2) is 0 Å². The molecule has 1 aliphatic carbocycles. The van der Waals surface area contributed by atoms with E-state index in [9.17, 15) is 20.2 Å². The molecular formula is C24H19BrN4O3. The normalized spacial score (nSPS) is 12.8. The minimum absolute atomic E-state index is 0.0616. The van der Waals surface area contributed by atoms with Crippen LogP contribution in [0.15, 0.2) is 59.2 Å². The average Bonchev–Trinajstić information content (AvgIpc) is 3.64. The molecule has 2 aromatic carbocycles. The first-order chi connectivity index (χ1) is 15.4. The fourth-order valence-corrected chi connectivity index (χ4v) is 3.88. The fourth-order valence-electron chi connectivity index (χ4n) is 3.59. The summed E-state index contributed by atoms with van der Waals surface area (Å²) in [6, 6.07) is 17.1. The van der Waals surface area contributed by atoms with Gasteiger partial charge in [-0.2, -0.15) is 5.26 Å². The predicted molar refractivity (Wildman–Crippen MR) is 124 cm³/mol. The van der Waals surface area contributed by atoms with Crippen LogP contribution in [0.3, 0.4) is 0 Å². The van der Waals surface area contributed by atoms with E-state index >= 15 is 0 Å². The van der Waals surface area contributed by atoms with Crippen LogP contribution in [-0.2, 0) is 11.3 Å². The van der Waals surface area contributed by atoms with Crippen molar-refractivity contribution in [2.45, 2.75) is 26.3 Å². The van der Waals surface area contributed by atoms with Crippen LogP contribution in [0, 0.1) is 34.3 Å². The molecule has 160 valence electrons. The maximum Gasteiger partial charge on any atom is 0.316 e. The topological polar surface area (TPSA) is 100 Å². The fraction of sp³-hybridized carbons (Fsp3) is 0.208. The van der Waals surface area contributed by atoms with Crippen molar-refractivity contribution in [1.82, 2.24) is 4.98 Å². The Labute approximate surface area is 193 Å². The lowest BCUT2D eigenvalue weighted by Crippen LogP contribution is -2.33. The molecule has 1 aromatic heterocycles. The summed E-state index contributed by atoms with van der Waals surface area (Å²) < 4.78 is 0.521. The Balaban J connectivity index is 1.70. The third-order valence-corrected chi connectivity index (χ3v) is 6.31. The molecule has 0 radical (unpaired) electrons. The number of anilines is 1. The highest BCUT2D eigenvalue weighted by molar-refractivity contribution is 9.10. The molecule has 4 rings (SSSR count). The van der Waals surface area contributed by atoms with Crippen LogP contribution in [0.5, 0.6) is 0 Å². The van der Waals surface area contributed by atoms with Gasteiger partial charge in [0.25, 0.3) is 0 Å². The second-order valence-electron chi connectivity index (χ2n) is 7.71. The second-order valence-corrected chi connectivity index (χ2v) is 8.57. The van der Waals surface area contributed by atoms with E-state index in [4.69, 9.17) is 0 Å². The monoisotopic (exact) mass is 490 g/mol. The van der Waals surface area contributed by atoms with Crippen LogP contribution in [0.1, 0.15) is 29.5 Å². The molecule has 1 aliphatic rings. The van der Waals surface area contributed by atoms with Crippen LogP contribution in [-0.4, -0.2) is 15.8 Å². The minimum atomic E-state index is -0.489. The zero-order chi connectivity index (χ0) is 22.8. The van der Waals surface area contributed by atoms with Gasteiger partial charge in [0, 0.05) is 22.2 Å². The molecule has 0 saturated heterocycles. The summed E-state index contributed by atoms with van der Waals surface area (Å²) in [6.45, 7) is 1.80. The zero-order valence-corrected chi connectivity index (χ0v) is 18.9. The minimum Gasteiger partial charge on any atom is -0.286 e. The van der Waals surface area contributed by atoms with E-state index < -0.39 is 4.92 Å². The summed E-state index contributed by atoms with van der Waals surface area (Å²) in [4.78, 5) is 30.1. The molecule has 0 unspecified atom stereocenters. The first-order valence-corrected chi connectivity index (χ1v) is 10.9. The number of nitriles is 1. The van der Waals surface area contributed by atoms with Gasteiger partial charge in [0.2, 0.25) is 11.7 Å². The highest BCUT2D eigenvalue weighted by atomic mass is 79.9. The summed E-state index contributed by atoms with van der Waals surface area (Å²) in [7, 11) is 0. The van der Waals surface area contributed by atoms with Crippen molar-refractivity contribution in [3.63, 3.8) is 0 Å². The molecule has 7 nitrogen and oxygen atoms in total. The van der Waals surface area contributed by atoms with Gasteiger partial charge in [-0.3, -0.25) is 19.8 Å². The molecular weight excluding hydrogens is 472 g/mol. The third kappa shape index (κ3) is 4.25. The molecule has 8 heteroatoms. The van der Waals surface area contributed by atoms with Gasteiger partial charge in [-0.1, -0.05) is 42.5 Å². The number of hydrogen-bond donors (Lipinski definition) is 0. The summed E-state index contributed by atoms with van der Waals surface area (Å²) in [5, 5.41) is 21.2. The van der Waals surface area contributed by atoms with Crippen molar-refractivity contribution in [2.24, 2.45) is 5.92 Å². The van der Waals surface area contributed by atoms with E-state index in [2.05, 4.69) is 27.0 Å². The molecule has 1 amide bonds. The van der Waals surface area contributed by atoms with E-state index in [0.717, 1.165) is 29.5 Å². The van der Waals surface area contributed by atoms with Gasteiger partial charge in [0.1, 0.15) is 0 Å². The predicted octanol–water partition coefficient (Wildman–Crippen LogP) is 5.54. The maximum absolute atomic E-state index is 13.1. The van der Waals surface area contributed by atoms with Gasteiger partial charge in [-0.05, 0) is 58.5 Å². The van der Waals surface area contributed by atoms with Gasteiger partial charge in [-0.15, -0.1) is 0 Å². The number of hydrogen-bond acceptors (Lipinski definition) is 5. The number of aromatic nitrogens is 1. The van der Waals surface area contributed by atoms with Crippen molar-refractivity contribution >= 4 is 33.3 Å². The summed E-state index contributed by atoms with van der Waals surface area (Å²) in [5.74, 6) is -0.213. The zero-order valence-electron chi connectivity index (χ0n) is 17.3. The Bertz CT molecular complexity index is 1250. The lowest BCUT2D eigenvalue weighted by Gasteiger charge is -2.22. The molecule has 0 atom stereocenters. The van der Waals surface area contributed by atoms with E-state index in [1.807, 2.05) is 42.5 Å².